The molecule has 0 aliphatic heterocycles. The van der Waals surface area contributed by atoms with Crippen molar-refractivity contribution in [3.63, 3.8) is 0 Å². The highest BCUT2D eigenvalue weighted by Gasteiger charge is 2.62. The van der Waals surface area contributed by atoms with E-state index in [0.717, 1.165) is 37.0 Å². The fourth-order valence-corrected chi connectivity index (χ4v) is 8.83. The molecule has 10 atom stereocenters. The van der Waals surface area contributed by atoms with Crippen LogP contribution in [0.3, 0.4) is 0 Å². The molecule has 4 saturated carbocycles. The minimum atomic E-state index is -0.131. The summed E-state index contributed by atoms with van der Waals surface area (Å²) in [6.07, 6.45) is 11.8. The molecule has 0 spiro atoms. The zero-order valence-corrected chi connectivity index (χ0v) is 17.6. The number of hydrogen-bond donors (Lipinski definition) is 2. The summed E-state index contributed by atoms with van der Waals surface area (Å²) >= 11 is 0. The zero-order valence-electron chi connectivity index (χ0n) is 17.6. The zero-order chi connectivity index (χ0) is 18.7. The van der Waals surface area contributed by atoms with E-state index in [9.17, 15) is 10.2 Å². The predicted octanol–water partition coefficient (Wildman–Crippen LogP) is 5.41. The summed E-state index contributed by atoms with van der Waals surface area (Å²) in [5, 5.41) is 21.5. The fourth-order valence-electron chi connectivity index (χ4n) is 8.83. The van der Waals surface area contributed by atoms with Crippen molar-refractivity contribution >= 4 is 0 Å². The van der Waals surface area contributed by atoms with Crippen LogP contribution in [0, 0.1) is 46.3 Å². The van der Waals surface area contributed by atoms with Gasteiger partial charge in [-0.2, -0.15) is 0 Å². The second kappa shape index (κ2) is 6.76. The Balaban J connectivity index is 1.61. The van der Waals surface area contributed by atoms with Crippen molar-refractivity contribution in [2.24, 2.45) is 46.3 Å². The Hall–Kier alpha value is -0.0800. The van der Waals surface area contributed by atoms with E-state index >= 15 is 0 Å². The van der Waals surface area contributed by atoms with Gasteiger partial charge in [-0.3, -0.25) is 0 Å². The van der Waals surface area contributed by atoms with E-state index in [1.165, 1.54) is 44.9 Å². The number of aliphatic hydroxyl groups excluding tert-OH is 2. The first-order valence-electron chi connectivity index (χ1n) is 11.7. The lowest BCUT2D eigenvalue weighted by Crippen LogP contribution is -2.58. The standard InChI is InChI=1S/C24H42O2/c1-5-6-15(2)18-7-8-19-22-20(10-12-24(18,19)4)23(3)11-9-17(25)13-16(23)14-21(22)26/h15-22,25-26H,5-14H2,1-4H3/t15-,16+,17-,18-,19?,20?,21+,22?,23+,24-/m1/s1. The molecule has 2 N–H and O–H groups in total. The van der Waals surface area contributed by atoms with Crippen LogP contribution < -0.4 is 0 Å². The van der Waals surface area contributed by atoms with Crippen molar-refractivity contribution in [3.05, 3.63) is 0 Å². The van der Waals surface area contributed by atoms with Gasteiger partial charge < -0.3 is 10.2 Å². The maximum Gasteiger partial charge on any atom is 0.0577 e. The highest BCUT2D eigenvalue weighted by molar-refractivity contribution is 5.11. The number of fused-ring (bicyclic) bond motifs is 5. The van der Waals surface area contributed by atoms with Crippen molar-refractivity contribution in [2.45, 2.75) is 104 Å². The Labute approximate surface area is 161 Å². The van der Waals surface area contributed by atoms with E-state index in [2.05, 4.69) is 27.7 Å². The molecule has 0 radical (unpaired) electrons. The molecular weight excluding hydrogens is 320 g/mol. The normalized spacial score (nSPS) is 54.9. The third kappa shape index (κ3) is 2.72. The molecule has 2 nitrogen and oxygen atoms in total. The molecule has 26 heavy (non-hydrogen) atoms. The Morgan fingerprint density at radius 1 is 0.923 bits per heavy atom. The molecular formula is C24H42O2. The van der Waals surface area contributed by atoms with Crippen LogP contribution in [0.25, 0.3) is 0 Å². The maximum absolute atomic E-state index is 11.3. The molecule has 0 heterocycles. The monoisotopic (exact) mass is 362 g/mol. The van der Waals surface area contributed by atoms with E-state index in [0.29, 0.717) is 28.6 Å². The summed E-state index contributed by atoms with van der Waals surface area (Å²) in [6.45, 7) is 9.92. The summed E-state index contributed by atoms with van der Waals surface area (Å²) in [7, 11) is 0. The molecule has 2 heteroatoms. The first-order chi connectivity index (χ1) is 12.3. The third-order valence-electron chi connectivity index (χ3n) is 10.2. The molecule has 0 aromatic carbocycles. The Kier molecular flexibility index (Phi) is 5.01. The van der Waals surface area contributed by atoms with E-state index in [-0.39, 0.29) is 12.2 Å². The average Bonchev–Trinajstić information content (AvgIpc) is 2.94. The quantitative estimate of drug-likeness (QED) is 0.704. The van der Waals surface area contributed by atoms with Gasteiger partial charge >= 0.3 is 0 Å². The van der Waals surface area contributed by atoms with E-state index in [1.54, 1.807) is 0 Å². The van der Waals surface area contributed by atoms with Crippen molar-refractivity contribution in [2.75, 3.05) is 0 Å². The second-order valence-electron chi connectivity index (χ2n) is 11.2. The maximum atomic E-state index is 11.3. The van der Waals surface area contributed by atoms with Gasteiger partial charge in [0, 0.05) is 0 Å². The van der Waals surface area contributed by atoms with Crippen LogP contribution in [0.2, 0.25) is 0 Å². The fraction of sp³-hybridized carbons (Fsp3) is 1.00. The lowest BCUT2D eigenvalue weighted by Gasteiger charge is -2.62. The van der Waals surface area contributed by atoms with Crippen LogP contribution in [0.4, 0.5) is 0 Å². The van der Waals surface area contributed by atoms with Gasteiger partial charge in [0.2, 0.25) is 0 Å². The third-order valence-corrected chi connectivity index (χ3v) is 10.2. The molecule has 150 valence electrons. The number of hydrogen-bond acceptors (Lipinski definition) is 2. The largest absolute Gasteiger partial charge is 0.393 e. The lowest BCUT2D eigenvalue weighted by molar-refractivity contribution is -0.174. The molecule has 4 rings (SSSR count). The van der Waals surface area contributed by atoms with E-state index < -0.39 is 0 Å². The summed E-state index contributed by atoms with van der Waals surface area (Å²) in [6, 6.07) is 0. The van der Waals surface area contributed by atoms with Crippen LogP contribution in [0.15, 0.2) is 0 Å². The van der Waals surface area contributed by atoms with Gasteiger partial charge in [0.1, 0.15) is 0 Å². The highest BCUT2D eigenvalue weighted by Crippen LogP contribution is 2.68. The Morgan fingerprint density at radius 2 is 1.62 bits per heavy atom. The van der Waals surface area contributed by atoms with Gasteiger partial charge in [-0.05, 0) is 97.7 Å². The van der Waals surface area contributed by atoms with Crippen molar-refractivity contribution in [1.82, 2.24) is 0 Å². The molecule has 4 aliphatic carbocycles. The van der Waals surface area contributed by atoms with Crippen LogP contribution in [-0.4, -0.2) is 22.4 Å². The summed E-state index contributed by atoms with van der Waals surface area (Å²) in [4.78, 5) is 0. The molecule has 4 aliphatic rings. The number of aliphatic hydroxyl groups is 2. The number of rotatable bonds is 3. The van der Waals surface area contributed by atoms with Gasteiger partial charge in [0.25, 0.3) is 0 Å². The molecule has 0 saturated heterocycles. The van der Waals surface area contributed by atoms with E-state index in [1.807, 2.05) is 0 Å². The molecule has 0 bridgehead atoms. The molecule has 3 unspecified atom stereocenters. The Bertz CT molecular complexity index is 518. The predicted molar refractivity (Wildman–Crippen MR) is 107 cm³/mol. The summed E-state index contributed by atoms with van der Waals surface area (Å²) in [5.41, 5.74) is 0.811. The van der Waals surface area contributed by atoms with Gasteiger partial charge in [-0.1, -0.05) is 40.5 Å². The van der Waals surface area contributed by atoms with Gasteiger partial charge in [-0.15, -0.1) is 0 Å². The SMILES string of the molecule is CCC[C@@H](C)[C@H]1CCC2C3C(CC[C@@]21C)[C@@]1(C)CC[C@@H](O)C[C@H]1C[C@@H]3O. The molecule has 0 amide bonds. The smallest absolute Gasteiger partial charge is 0.0577 e. The first-order valence-corrected chi connectivity index (χ1v) is 11.7. The van der Waals surface area contributed by atoms with Crippen LogP contribution in [0.1, 0.15) is 91.9 Å². The summed E-state index contributed by atoms with van der Waals surface area (Å²) in [5.74, 6) is 4.15. The van der Waals surface area contributed by atoms with Gasteiger partial charge in [-0.25, -0.2) is 0 Å². The molecule has 0 aromatic rings. The van der Waals surface area contributed by atoms with Crippen molar-refractivity contribution in [3.8, 4) is 0 Å². The lowest BCUT2D eigenvalue weighted by atomic mass is 9.43. The second-order valence-corrected chi connectivity index (χ2v) is 11.2. The van der Waals surface area contributed by atoms with Crippen molar-refractivity contribution < 1.29 is 10.2 Å². The van der Waals surface area contributed by atoms with Gasteiger partial charge in [0.05, 0.1) is 12.2 Å². The molecule has 4 fully saturated rings. The van der Waals surface area contributed by atoms with Crippen LogP contribution in [-0.2, 0) is 0 Å². The molecule has 0 aromatic heterocycles. The van der Waals surface area contributed by atoms with Crippen LogP contribution in [0.5, 0.6) is 0 Å². The average molecular weight is 363 g/mol. The topological polar surface area (TPSA) is 40.5 Å². The Morgan fingerprint density at radius 3 is 2.35 bits per heavy atom. The first kappa shape index (κ1) is 19.2. The highest BCUT2D eigenvalue weighted by atomic mass is 16.3. The minimum Gasteiger partial charge on any atom is -0.393 e. The van der Waals surface area contributed by atoms with Gasteiger partial charge in [0.15, 0.2) is 0 Å². The van der Waals surface area contributed by atoms with E-state index in [4.69, 9.17) is 0 Å². The summed E-state index contributed by atoms with van der Waals surface area (Å²) < 4.78 is 0. The van der Waals surface area contributed by atoms with Crippen molar-refractivity contribution in [1.29, 1.82) is 0 Å². The van der Waals surface area contributed by atoms with Crippen LogP contribution >= 0.6 is 0 Å². The minimum absolute atomic E-state index is 0.128.